The molecule has 0 atom stereocenters. The van der Waals surface area contributed by atoms with Crippen LogP contribution in [0, 0.1) is 0 Å². The molecule has 1 aromatic carbocycles. The molecule has 0 heterocycles. The molecule has 0 aromatic heterocycles. The molecule has 0 aliphatic rings. The number of halogens is 2. The van der Waals surface area contributed by atoms with Crippen molar-refractivity contribution in [1.82, 2.24) is 4.90 Å². The van der Waals surface area contributed by atoms with Crippen LogP contribution in [0.1, 0.15) is 32.8 Å². The Hall–Kier alpha value is -0.0500. The molecule has 0 aliphatic heterocycles. The van der Waals surface area contributed by atoms with Gasteiger partial charge in [0.25, 0.3) is 0 Å². The van der Waals surface area contributed by atoms with Gasteiger partial charge >= 0.3 is 0 Å². The molecule has 1 rings (SSSR count). The Morgan fingerprint density at radius 3 is 2.50 bits per heavy atom. The second kappa shape index (κ2) is 5.52. The van der Waals surface area contributed by atoms with Crippen LogP contribution >= 0.6 is 27.5 Å². The maximum atomic E-state index is 6.21. The first-order chi connectivity index (χ1) is 7.36. The van der Waals surface area contributed by atoms with Crippen molar-refractivity contribution in [3.05, 3.63) is 33.3 Å². The highest BCUT2D eigenvalue weighted by atomic mass is 79.9. The lowest BCUT2D eigenvalue weighted by atomic mass is 9.99. The first-order valence-corrected chi connectivity index (χ1v) is 6.69. The molecule has 0 amide bonds. The zero-order valence-corrected chi connectivity index (χ0v) is 12.7. The first-order valence-electron chi connectivity index (χ1n) is 5.52. The Morgan fingerprint density at radius 1 is 1.38 bits per heavy atom. The number of benzene rings is 1. The van der Waals surface area contributed by atoms with Gasteiger partial charge in [-0.25, -0.2) is 0 Å². The molecule has 0 fully saturated rings. The van der Waals surface area contributed by atoms with Crippen molar-refractivity contribution in [3.63, 3.8) is 0 Å². The molecule has 0 radical (unpaired) electrons. The minimum Gasteiger partial charge on any atom is -0.297 e. The van der Waals surface area contributed by atoms with E-state index < -0.39 is 0 Å². The molecule has 1 aromatic rings. The van der Waals surface area contributed by atoms with Crippen LogP contribution in [-0.2, 0) is 6.54 Å². The topological polar surface area (TPSA) is 3.24 Å². The Morgan fingerprint density at radius 2 is 2.00 bits per heavy atom. The Kier molecular flexibility index (Phi) is 4.84. The van der Waals surface area contributed by atoms with E-state index >= 15 is 0 Å². The molecular weight excluding hydrogens is 286 g/mol. The zero-order valence-electron chi connectivity index (χ0n) is 10.3. The summed E-state index contributed by atoms with van der Waals surface area (Å²) in [5, 5.41) is 0.827. The minimum absolute atomic E-state index is 0.205. The van der Waals surface area contributed by atoms with Gasteiger partial charge in [0.05, 0.1) is 0 Å². The summed E-state index contributed by atoms with van der Waals surface area (Å²) in [5.74, 6) is 0. The minimum atomic E-state index is 0.205. The van der Waals surface area contributed by atoms with Gasteiger partial charge in [0.2, 0.25) is 0 Å². The predicted molar refractivity (Wildman–Crippen MR) is 75.0 cm³/mol. The second-order valence-corrected chi connectivity index (χ2v) is 6.08. The standard InChI is InChI=1S/C13H19BrClN/c1-5-13(2,3)16(4)9-10-6-7-11(14)8-12(10)15/h6-8H,5,9H2,1-4H3. The van der Waals surface area contributed by atoms with Crippen molar-refractivity contribution >= 4 is 27.5 Å². The van der Waals surface area contributed by atoms with E-state index in [1.165, 1.54) is 5.56 Å². The van der Waals surface area contributed by atoms with Crippen molar-refractivity contribution in [2.75, 3.05) is 7.05 Å². The van der Waals surface area contributed by atoms with Gasteiger partial charge in [-0.1, -0.05) is 40.5 Å². The summed E-state index contributed by atoms with van der Waals surface area (Å²) in [6.07, 6.45) is 1.12. The van der Waals surface area contributed by atoms with E-state index in [2.05, 4.69) is 54.7 Å². The molecule has 0 N–H and O–H groups in total. The first kappa shape index (κ1) is 14.0. The zero-order chi connectivity index (χ0) is 12.3. The number of nitrogens with zero attached hydrogens (tertiary/aromatic N) is 1. The largest absolute Gasteiger partial charge is 0.297 e. The van der Waals surface area contributed by atoms with Crippen LogP contribution in [0.5, 0.6) is 0 Å². The molecule has 0 saturated carbocycles. The van der Waals surface area contributed by atoms with Gasteiger partial charge in [-0.2, -0.15) is 0 Å². The Bertz CT molecular complexity index is 363. The van der Waals surface area contributed by atoms with Crippen molar-refractivity contribution in [2.24, 2.45) is 0 Å². The Labute approximate surface area is 112 Å². The van der Waals surface area contributed by atoms with Crippen molar-refractivity contribution in [1.29, 1.82) is 0 Å². The van der Waals surface area contributed by atoms with Gasteiger partial charge in [0, 0.05) is 21.6 Å². The summed E-state index contributed by atoms with van der Waals surface area (Å²) in [4.78, 5) is 2.34. The molecule has 1 nitrogen and oxygen atoms in total. The van der Waals surface area contributed by atoms with Gasteiger partial charge in [-0.15, -0.1) is 0 Å². The molecule has 0 bridgehead atoms. The highest BCUT2D eigenvalue weighted by Gasteiger charge is 2.21. The van der Waals surface area contributed by atoms with Crippen LogP contribution in [0.2, 0.25) is 5.02 Å². The van der Waals surface area contributed by atoms with E-state index in [0.29, 0.717) is 0 Å². The van der Waals surface area contributed by atoms with Crippen LogP contribution in [0.25, 0.3) is 0 Å². The molecule has 0 aliphatic carbocycles. The Balaban J connectivity index is 2.81. The number of hydrogen-bond acceptors (Lipinski definition) is 1. The molecule has 0 saturated heterocycles. The fourth-order valence-electron chi connectivity index (χ4n) is 1.39. The lowest BCUT2D eigenvalue weighted by molar-refractivity contribution is 0.143. The molecule has 3 heteroatoms. The summed E-state index contributed by atoms with van der Waals surface area (Å²) in [6, 6.07) is 6.06. The summed E-state index contributed by atoms with van der Waals surface area (Å²) in [7, 11) is 2.14. The van der Waals surface area contributed by atoms with E-state index in [1.807, 2.05) is 12.1 Å². The van der Waals surface area contributed by atoms with Gasteiger partial charge in [0.15, 0.2) is 0 Å². The van der Waals surface area contributed by atoms with E-state index in [9.17, 15) is 0 Å². The summed E-state index contributed by atoms with van der Waals surface area (Å²) >= 11 is 9.63. The molecule has 90 valence electrons. The predicted octanol–water partition coefficient (Wildman–Crippen LogP) is 4.72. The van der Waals surface area contributed by atoms with E-state index in [-0.39, 0.29) is 5.54 Å². The lowest BCUT2D eigenvalue weighted by Gasteiger charge is -2.35. The quantitative estimate of drug-likeness (QED) is 0.778. The summed E-state index contributed by atoms with van der Waals surface area (Å²) in [5.41, 5.74) is 1.38. The summed E-state index contributed by atoms with van der Waals surface area (Å²) < 4.78 is 1.03. The maximum absolute atomic E-state index is 6.21. The number of rotatable bonds is 4. The van der Waals surface area contributed by atoms with E-state index in [0.717, 1.165) is 22.5 Å². The smallest absolute Gasteiger partial charge is 0.0462 e. The van der Waals surface area contributed by atoms with Crippen LogP contribution in [-0.4, -0.2) is 17.5 Å². The molecule has 0 spiro atoms. The number of hydrogen-bond donors (Lipinski definition) is 0. The molecular formula is C13H19BrClN. The third-order valence-corrected chi connectivity index (χ3v) is 4.17. The third-order valence-electron chi connectivity index (χ3n) is 3.32. The van der Waals surface area contributed by atoms with Gasteiger partial charge in [-0.05, 0) is 45.0 Å². The van der Waals surface area contributed by atoms with Gasteiger partial charge < -0.3 is 0 Å². The average Bonchev–Trinajstić information content (AvgIpc) is 2.22. The SMILES string of the molecule is CCC(C)(C)N(C)Cc1ccc(Br)cc1Cl. The second-order valence-electron chi connectivity index (χ2n) is 4.76. The fraction of sp³-hybridized carbons (Fsp3) is 0.538. The van der Waals surface area contributed by atoms with Crippen LogP contribution in [0.15, 0.2) is 22.7 Å². The van der Waals surface area contributed by atoms with Crippen LogP contribution < -0.4 is 0 Å². The summed E-state index contributed by atoms with van der Waals surface area (Å²) in [6.45, 7) is 7.59. The monoisotopic (exact) mass is 303 g/mol. The van der Waals surface area contributed by atoms with Crippen molar-refractivity contribution in [3.8, 4) is 0 Å². The fourth-order valence-corrected chi connectivity index (χ4v) is 2.12. The van der Waals surface area contributed by atoms with E-state index in [1.54, 1.807) is 0 Å². The maximum Gasteiger partial charge on any atom is 0.0462 e. The van der Waals surface area contributed by atoms with Gasteiger partial charge in [-0.3, -0.25) is 4.90 Å². The van der Waals surface area contributed by atoms with Crippen molar-refractivity contribution < 1.29 is 0 Å². The average molecular weight is 305 g/mol. The highest BCUT2D eigenvalue weighted by Crippen LogP contribution is 2.25. The van der Waals surface area contributed by atoms with Gasteiger partial charge in [0.1, 0.15) is 0 Å². The third kappa shape index (κ3) is 3.47. The molecule has 0 unspecified atom stereocenters. The lowest BCUT2D eigenvalue weighted by Crippen LogP contribution is -2.39. The molecule has 16 heavy (non-hydrogen) atoms. The normalized spacial score (nSPS) is 12.2. The van der Waals surface area contributed by atoms with Crippen LogP contribution in [0.3, 0.4) is 0 Å². The highest BCUT2D eigenvalue weighted by molar-refractivity contribution is 9.10. The van der Waals surface area contributed by atoms with Crippen LogP contribution in [0.4, 0.5) is 0 Å². The van der Waals surface area contributed by atoms with Crippen molar-refractivity contribution in [2.45, 2.75) is 39.3 Å². The van der Waals surface area contributed by atoms with E-state index in [4.69, 9.17) is 11.6 Å².